The van der Waals surface area contributed by atoms with E-state index in [1.165, 1.54) is 0 Å². The molecule has 5 nitrogen and oxygen atoms in total. The van der Waals surface area contributed by atoms with Crippen LogP contribution in [-0.4, -0.2) is 37.4 Å². The van der Waals surface area contributed by atoms with Gasteiger partial charge in [0.05, 0.1) is 23.1 Å². The van der Waals surface area contributed by atoms with Crippen LogP contribution in [0.5, 0.6) is 0 Å². The van der Waals surface area contributed by atoms with Crippen LogP contribution >= 0.6 is 0 Å². The highest BCUT2D eigenvalue weighted by molar-refractivity contribution is 7.91. The number of unbranched alkanes of at least 4 members (excludes halogenated alkanes) is 1. The first-order valence-corrected chi connectivity index (χ1v) is 7.88. The second-order valence-electron chi connectivity index (χ2n) is 5.14. The molecule has 0 bridgehead atoms. The maximum Gasteiger partial charge on any atom is 0.237 e. The van der Waals surface area contributed by atoms with Crippen LogP contribution in [0, 0.1) is 0 Å². The maximum absolute atomic E-state index is 11.8. The largest absolute Gasteiger partial charge is 0.349 e. The molecule has 1 amide bonds. The molecule has 1 saturated heterocycles. The molecule has 1 aliphatic rings. The molecule has 2 unspecified atom stereocenters. The van der Waals surface area contributed by atoms with Crippen LogP contribution in [0.4, 0.5) is 0 Å². The third-order valence-corrected chi connectivity index (χ3v) is 5.04. The number of nitrogens with one attached hydrogen (secondary N) is 1. The van der Waals surface area contributed by atoms with E-state index in [1.54, 1.807) is 6.92 Å². The van der Waals surface area contributed by atoms with Gasteiger partial charge in [0.25, 0.3) is 0 Å². The van der Waals surface area contributed by atoms with Gasteiger partial charge >= 0.3 is 0 Å². The third kappa shape index (κ3) is 4.27. The fraction of sp³-hybridized carbons (Fsp3) is 0.909. The van der Waals surface area contributed by atoms with Gasteiger partial charge in [0.1, 0.15) is 0 Å². The minimum Gasteiger partial charge on any atom is -0.349 e. The standard InChI is InChI=1S/C11H22N2O3S/c1-3-4-5-9(12)10(14)13-11(2)6-7-17(15,16)8-11/h9H,3-8,12H2,1-2H3,(H,13,14). The van der Waals surface area contributed by atoms with E-state index in [0.29, 0.717) is 12.8 Å². The zero-order valence-corrected chi connectivity index (χ0v) is 11.3. The average Bonchev–Trinajstić information content (AvgIpc) is 2.49. The van der Waals surface area contributed by atoms with E-state index in [4.69, 9.17) is 5.73 Å². The Bertz CT molecular complexity index is 380. The lowest BCUT2D eigenvalue weighted by molar-refractivity contribution is -0.124. The van der Waals surface area contributed by atoms with Gasteiger partial charge in [-0.05, 0) is 19.8 Å². The minimum atomic E-state index is -3.00. The Labute approximate surface area is 103 Å². The molecule has 0 aromatic carbocycles. The molecule has 1 rings (SSSR count). The van der Waals surface area contributed by atoms with Gasteiger partial charge in [-0.3, -0.25) is 4.79 Å². The summed E-state index contributed by atoms with van der Waals surface area (Å²) in [6.45, 7) is 3.80. The number of sulfone groups is 1. The first-order valence-electron chi connectivity index (χ1n) is 6.06. The van der Waals surface area contributed by atoms with Crippen molar-refractivity contribution in [3.8, 4) is 0 Å². The molecule has 0 radical (unpaired) electrons. The fourth-order valence-electron chi connectivity index (χ4n) is 2.05. The second kappa shape index (κ2) is 5.35. The minimum absolute atomic E-state index is 0.0201. The van der Waals surface area contributed by atoms with Crippen LogP contribution in [0.15, 0.2) is 0 Å². The van der Waals surface area contributed by atoms with E-state index in [9.17, 15) is 13.2 Å². The van der Waals surface area contributed by atoms with Crippen molar-refractivity contribution in [1.29, 1.82) is 0 Å². The molecule has 1 aliphatic heterocycles. The Hall–Kier alpha value is -0.620. The van der Waals surface area contributed by atoms with Gasteiger partial charge in [-0.15, -0.1) is 0 Å². The summed E-state index contributed by atoms with van der Waals surface area (Å²) in [6.07, 6.45) is 3.02. The Morgan fingerprint density at radius 1 is 1.53 bits per heavy atom. The number of amides is 1. The van der Waals surface area contributed by atoms with E-state index < -0.39 is 21.4 Å². The number of carbonyl (C=O) groups is 1. The molecule has 3 N–H and O–H groups in total. The summed E-state index contributed by atoms with van der Waals surface area (Å²) in [6, 6.07) is -0.532. The van der Waals surface area contributed by atoms with E-state index in [1.807, 2.05) is 6.92 Å². The number of carbonyl (C=O) groups excluding carboxylic acids is 1. The molecule has 6 heteroatoms. The quantitative estimate of drug-likeness (QED) is 0.740. The van der Waals surface area contributed by atoms with Gasteiger partial charge in [-0.1, -0.05) is 19.8 Å². The summed E-state index contributed by atoms with van der Waals surface area (Å²) in [5.74, 6) is -0.0710. The highest BCUT2D eigenvalue weighted by atomic mass is 32.2. The topological polar surface area (TPSA) is 89.3 Å². The van der Waals surface area contributed by atoms with Gasteiger partial charge in [0.2, 0.25) is 5.91 Å². The first kappa shape index (κ1) is 14.4. The predicted molar refractivity (Wildman–Crippen MR) is 67.3 cm³/mol. The number of rotatable bonds is 5. The zero-order valence-electron chi connectivity index (χ0n) is 10.5. The van der Waals surface area contributed by atoms with Crippen LogP contribution in [0.3, 0.4) is 0 Å². The third-order valence-electron chi connectivity index (χ3n) is 3.13. The number of nitrogens with two attached hydrogens (primary N) is 1. The summed E-state index contributed by atoms with van der Waals surface area (Å²) in [4.78, 5) is 11.8. The van der Waals surface area contributed by atoms with Crippen LogP contribution in [0.2, 0.25) is 0 Å². The second-order valence-corrected chi connectivity index (χ2v) is 7.32. The monoisotopic (exact) mass is 262 g/mol. The Morgan fingerprint density at radius 3 is 2.65 bits per heavy atom. The van der Waals surface area contributed by atoms with Gasteiger partial charge < -0.3 is 11.1 Å². The highest BCUT2D eigenvalue weighted by Gasteiger charge is 2.39. The van der Waals surface area contributed by atoms with E-state index in [0.717, 1.165) is 12.8 Å². The van der Waals surface area contributed by atoms with Crippen LogP contribution in [0.1, 0.15) is 39.5 Å². The summed E-state index contributed by atoms with van der Waals surface area (Å²) >= 11 is 0. The van der Waals surface area contributed by atoms with E-state index in [-0.39, 0.29) is 17.4 Å². The fourth-order valence-corrected chi connectivity index (χ4v) is 4.15. The lowest BCUT2D eigenvalue weighted by atomic mass is 10.0. The van der Waals surface area contributed by atoms with Crippen molar-refractivity contribution in [3.05, 3.63) is 0 Å². The predicted octanol–water partition coefficient (Wildman–Crippen LogP) is 0.197. The lowest BCUT2D eigenvalue weighted by Crippen LogP contribution is -2.52. The van der Waals surface area contributed by atoms with Crippen molar-refractivity contribution < 1.29 is 13.2 Å². The van der Waals surface area contributed by atoms with Crippen LogP contribution < -0.4 is 11.1 Å². The van der Waals surface area contributed by atoms with E-state index >= 15 is 0 Å². The van der Waals surface area contributed by atoms with Crippen LogP contribution in [-0.2, 0) is 14.6 Å². The van der Waals surface area contributed by atoms with Crippen LogP contribution in [0.25, 0.3) is 0 Å². The van der Waals surface area contributed by atoms with Crippen molar-refractivity contribution in [3.63, 3.8) is 0 Å². The Kier molecular flexibility index (Phi) is 4.55. The van der Waals surface area contributed by atoms with Crippen molar-refractivity contribution in [1.82, 2.24) is 5.32 Å². The Balaban J connectivity index is 2.51. The van der Waals surface area contributed by atoms with Gasteiger partial charge in [-0.2, -0.15) is 0 Å². The smallest absolute Gasteiger partial charge is 0.237 e. The van der Waals surface area contributed by atoms with E-state index in [2.05, 4.69) is 5.32 Å². The molecule has 0 aromatic rings. The molecule has 0 spiro atoms. The van der Waals surface area contributed by atoms with Gasteiger partial charge in [-0.25, -0.2) is 8.42 Å². The molecule has 100 valence electrons. The molecule has 1 heterocycles. The first-order chi connectivity index (χ1) is 7.78. The van der Waals surface area contributed by atoms with Crippen molar-refractivity contribution in [2.75, 3.05) is 11.5 Å². The van der Waals surface area contributed by atoms with Crippen molar-refractivity contribution in [2.24, 2.45) is 5.73 Å². The molecule has 0 saturated carbocycles. The summed E-state index contributed by atoms with van der Waals surface area (Å²) < 4.78 is 22.8. The molecular weight excluding hydrogens is 240 g/mol. The summed E-state index contributed by atoms with van der Waals surface area (Å²) in [5, 5.41) is 2.78. The number of hydrogen-bond acceptors (Lipinski definition) is 4. The number of hydrogen-bond donors (Lipinski definition) is 2. The molecule has 0 aliphatic carbocycles. The molecule has 17 heavy (non-hydrogen) atoms. The van der Waals surface area contributed by atoms with Gasteiger partial charge in [0.15, 0.2) is 9.84 Å². The molecule has 0 aromatic heterocycles. The van der Waals surface area contributed by atoms with Crippen molar-refractivity contribution in [2.45, 2.75) is 51.1 Å². The maximum atomic E-state index is 11.8. The normalized spacial score (nSPS) is 28.9. The SMILES string of the molecule is CCCCC(N)C(=O)NC1(C)CCS(=O)(=O)C1. The lowest BCUT2D eigenvalue weighted by Gasteiger charge is -2.25. The van der Waals surface area contributed by atoms with Gasteiger partial charge in [0, 0.05) is 0 Å². The molecule has 1 fully saturated rings. The summed E-state index contributed by atoms with van der Waals surface area (Å²) in [7, 11) is -3.00. The molecule has 2 atom stereocenters. The highest BCUT2D eigenvalue weighted by Crippen LogP contribution is 2.22. The molecular formula is C11H22N2O3S. The average molecular weight is 262 g/mol. The summed E-state index contributed by atoms with van der Waals surface area (Å²) in [5.41, 5.74) is 5.11. The Morgan fingerprint density at radius 2 is 2.18 bits per heavy atom. The zero-order chi connectivity index (χ0) is 13.1. The van der Waals surface area contributed by atoms with Crippen molar-refractivity contribution >= 4 is 15.7 Å².